The number of allylic oxidation sites excluding steroid dienone is 4. The lowest BCUT2D eigenvalue weighted by Crippen LogP contribution is -2.51. The van der Waals surface area contributed by atoms with Crippen molar-refractivity contribution in [3.8, 4) is 5.88 Å². The Morgan fingerprint density at radius 3 is 2.54 bits per heavy atom. The molecule has 2 unspecified atom stereocenters. The van der Waals surface area contributed by atoms with E-state index in [0.29, 0.717) is 17.5 Å². The maximum atomic E-state index is 13.3. The molecular formula is C28H29ClF3N3O2. The number of hydrogen-bond donors (Lipinski definition) is 1. The molecule has 0 radical (unpaired) electrons. The van der Waals surface area contributed by atoms with Crippen LogP contribution in [0.4, 0.5) is 13.2 Å². The van der Waals surface area contributed by atoms with Crippen LogP contribution in [-0.2, 0) is 17.4 Å². The fraction of sp³-hybridized carbons (Fsp3) is 0.357. The van der Waals surface area contributed by atoms with E-state index in [2.05, 4.69) is 34.0 Å². The van der Waals surface area contributed by atoms with Crippen LogP contribution in [0.2, 0.25) is 5.02 Å². The maximum Gasteiger partial charge on any atom is 0.433 e. The van der Waals surface area contributed by atoms with Crippen molar-refractivity contribution in [2.24, 2.45) is 5.92 Å². The van der Waals surface area contributed by atoms with E-state index in [1.54, 1.807) is 0 Å². The van der Waals surface area contributed by atoms with Gasteiger partial charge in [-0.05, 0) is 74.6 Å². The fourth-order valence-electron chi connectivity index (χ4n) is 3.84. The molecule has 0 spiro atoms. The number of alkyl halides is 3. The van der Waals surface area contributed by atoms with Crippen molar-refractivity contribution < 1.29 is 22.7 Å². The summed E-state index contributed by atoms with van der Waals surface area (Å²) in [6, 6.07) is 7.85. The zero-order chi connectivity index (χ0) is 27.2. The van der Waals surface area contributed by atoms with Gasteiger partial charge in [0, 0.05) is 23.0 Å². The van der Waals surface area contributed by atoms with Crippen molar-refractivity contribution in [2.45, 2.75) is 58.4 Å². The van der Waals surface area contributed by atoms with E-state index in [1.807, 2.05) is 49.4 Å². The van der Waals surface area contributed by atoms with E-state index < -0.39 is 23.4 Å². The van der Waals surface area contributed by atoms with Crippen molar-refractivity contribution in [3.05, 3.63) is 94.1 Å². The van der Waals surface area contributed by atoms with E-state index >= 15 is 0 Å². The molecule has 0 bridgehead atoms. The molecule has 3 rings (SSSR count). The maximum absolute atomic E-state index is 13.3. The first-order valence-electron chi connectivity index (χ1n) is 11.9. The summed E-state index contributed by atoms with van der Waals surface area (Å²) in [4.78, 5) is 20.2. The van der Waals surface area contributed by atoms with Crippen LogP contribution in [0.1, 0.15) is 45.4 Å². The van der Waals surface area contributed by atoms with E-state index in [-0.39, 0.29) is 17.8 Å². The number of carbonyl (C=O) groups is 1. The predicted molar refractivity (Wildman–Crippen MR) is 137 cm³/mol. The third-order valence-electron chi connectivity index (χ3n) is 6.00. The van der Waals surface area contributed by atoms with Crippen molar-refractivity contribution >= 4 is 17.5 Å². The number of amides is 1. The summed E-state index contributed by atoms with van der Waals surface area (Å²) < 4.78 is 44.7. The van der Waals surface area contributed by atoms with Crippen molar-refractivity contribution in [1.82, 2.24) is 15.3 Å². The number of nitrogens with one attached hydrogen (secondary N) is 1. The number of hydrogen-bond acceptors (Lipinski definition) is 4. The SMILES string of the molecule is CCC1=CC(C(Cc2ccc(Cl)cc2)C(C)NC(=O)C(C)(C)Oc2cc(C(F)(F)F)ncn2)=CC=C=C1. The molecule has 9 heteroatoms. The lowest BCUT2D eigenvalue weighted by atomic mass is 9.84. The van der Waals surface area contributed by atoms with Crippen LogP contribution in [0.3, 0.4) is 0 Å². The average Bonchev–Trinajstić information content (AvgIpc) is 3.08. The van der Waals surface area contributed by atoms with Crippen LogP contribution in [0.15, 0.2) is 77.8 Å². The Kier molecular flexibility index (Phi) is 9.00. The van der Waals surface area contributed by atoms with Gasteiger partial charge >= 0.3 is 6.18 Å². The third-order valence-corrected chi connectivity index (χ3v) is 6.25. The average molecular weight is 532 g/mol. The summed E-state index contributed by atoms with van der Waals surface area (Å²) in [7, 11) is 0. The van der Waals surface area contributed by atoms with Crippen LogP contribution < -0.4 is 10.1 Å². The van der Waals surface area contributed by atoms with Gasteiger partial charge < -0.3 is 10.1 Å². The van der Waals surface area contributed by atoms with E-state index in [9.17, 15) is 18.0 Å². The Bertz CT molecular complexity index is 1240. The van der Waals surface area contributed by atoms with Gasteiger partial charge in [-0.25, -0.2) is 9.97 Å². The summed E-state index contributed by atoms with van der Waals surface area (Å²) in [6.07, 6.45) is 5.40. The molecule has 1 amide bonds. The predicted octanol–water partition coefficient (Wildman–Crippen LogP) is 6.66. The summed E-state index contributed by atoms with van der Waals surface area (Å²) in [5, 5.41) is 3.63. The number of halogens is 4. The molecule has 37 heavy (non-hydrogen) atoms. The molecule has 1 N–H and O–H groups in total. The molecule has 1 aliphatic carbocycles. The van der Waals surface area contributed by atoms with Gasteiger partial charge in [-0.2, -0.15) is 13.2 Å². The molecule has 1 heterocycles. The van der Waals surface area contributed by atoms with Gasteiger partial charge in [0.1, 0.15) is 6.33 Å². The Labute approximate surface area is 219 Å². The number of rotatable bonds is 9. The summed E-state index contributed by atoms with van der Waals surface area (Å²) in [5.41, 5.74) is 3.66. The zero-order valence-corrected chi connectivity index (χ0v) is 21.8. The lowest BCUT2D eigenvalue weighted by Gasteiger charge is -2.31. The normalized spacial score (nSPS) is 15.4. The number of ether oxygens (including phenoxy) is 1. The smallest absolute Gasteiger partial charge is 0.433 e. The van der Waals surface area contributed by atoms with Crippen molar-refractivity contribution in [1.29, 1.82) is 0 Å². The van der Waals surface area contributed by atoms with Gasteiger partial charge in [-0.3, -0.25) is 4.79 Å². The van der Waals surface area contributed by atoms with E-state index in [1.165, 1.54) is 13.8 Å². The highest BCUT2D eigenvalue weighted by Gasteiger charge is 2.36. The minimum atomic E-state index is -4.66. The van der Waals surface area contributed by atoms with Crippen LogP contribution in [0.25, 0.3) is 0 Å². The lowest BCUT2D eigenvalue weighted by molar-refractivity contribution is -0.141. The minimum absolute atomic E-state index is 0.122. The first kappa shape index (κ1) is 28.2. The first-order chi connectivity index (χ1) is 17.4. The van der Waals surface area contributed by atoms with E-state index in [0.717, 1.165) is 29.5 Å². The third kappa shape index (κ3) is 7.81. The topological polar surface area (TPSA) is 64.1 Å². The second-order valence-corrected chi connectivity index (χ2v) is 9.70. The van der Waals surface area contributed by atoms with Gasteiger partial charge in [0.05, 0.1) is 0 Å². The number of carbonyl (C=O) groups excluding carboxylic acids is 1. The van der Waals surface area contributed by atoms with Crippen LogP contribution in [-0.4, -0.2) is 27.5 Å². The van der Waals surface area contributed by atoms with Gasteiger partial charge in [0.25, 0.3) is 5.91 Å². The monoisotopic (exact) mass is 531 g/mol. The van der Waals surface area contributed by atoms with Crippen molar-refractivity contribution in [2.75, 3.05) is 0 Å². The second-order valence-electron chi connectivity index (χ2n) is 9.27. The van der Waals surface area contributed by atoms with Crippen LogP contribution in [0, 0.1) is 5.92 Å². The van der Waals surface area contributed by atoms with Gasteiger partial charge in [0.2, 0.25) is 5.88 Å². The highest BCUT2D eigenvalue weighted by Crippen LogP contribution is 2.30. The molecule has 1 aliphatic rings. The number of nitrogens with zero attached hydrogens (tertiary/aromatic N) is 2. The van der Waals surface area contributed by atoms with Gasteiger partial charge in [-0.1, -0.05) is 42.8 Å². The second kappa shape index (κ2) is 11.8. The molecule has 1 aromatic carbocycles. The van der Waals surface area contributed by atoms with Gasteiger partial charge in [-0.15, -0.1) is 5.73 Å². The van der Waals surface area contributed by atoms with Gasteiger partial charge in [0.15, 0.2) is 11.3 Å². The Morgan fingerprint density at radius 2 is 1.89 bits per heavy atom. The van der Waals surface area contributed by atoms with Crippen molar-refractivity contribution in [3.63, 3.8) is 0 Å². The summed E-state index contributed by atoms with van der Waals surface area (Å²) in [6.45, 7) is 6.91. The molecule has 0 saturated heterocycles. The molecule has 0 saturated carbocycles. The Balaban J connectivity index is 1.83. The Hall–Kier alpha value is -3.35. The van der Waals surface area contributed by atoms with Crippen LogP contribution in [0.5, 0.6) is 5.88 Å². The summed E-state index contributed by atoms with van der Waals surface area (Å²) >= 11 is 6.06. The minimum Gasteiger partial charge on any atom is -0.461 e. The standard InChI is InChI=1S/C28H29ClF3N3O2/c1-5-19-8-6-7-9-21(14-19)23(15-20-10-12-22(29)13-11-20)18(2)35-26(36)27(3,4)37-25-16-24(28(30,31)32)33-17-34-25/h7-14,16-18,23H,5,15H2,1-4H3,(H,35,36). The molecule has 5 nitrogen and oxygen atoms in total. The molecule has 0 aliphatic heterocycles. The van der Waals surface area contributed by atoms with E-state index in [4.69, 9.17) is 16.3 Å². The number of benzene rings is 1. The highest BCUT2D eigenvalue weighted by atomic mass is 35.5. The molecular weight excluding hydrogens is 503 g/mol. The first-order valence-corrected chi connectivity index (χ1v) is 12.2. The highest BCUT2D eigenvalue weighted by molar-refractivity contribution is 6.30. The Morgan fingerprint density at radius 1 is 1.19 bits per heavy atom. The fourth-order valence-corrected chi connectivity index (χ4v) is 3.96. The molecule has 1 aromatic heterocycles. The number of aromatic nitrogens is 2. The van der Waals surface area contributed by atoms with Crippen LogP contribution >= 0.6 is 11.6 Å². The summed E-state index contributed by atoms with van der Waals surface area (Å²) in [5.74, 6) is -0.954. The molecule has 2 atom stereocenters. The zero-order valence-electron chi connectivity index (χ0n) is 21.1. The molecule has 0 fully saturated rings. The molecule has 196 valence electrons. The quantitative estimate of drug-likeness (QED) is 0.368. The molecule has 2 aromatic rings. The largest absolute Gasteiger partial charge is 0.461 e.